The zero-order chi connectivity index (χ0) is 20.1. The molecule has 2 N–H and O–H groups in total. The molecule has 2 aromatic carbocycles. The van der Waals surface area contributed by atoms with Crippen LogP contribution in [0.15, 0.2) is 53.4 Å². The van der Waals surface area contributed by atoms with E-state index in [0.717, 1.165) is 0 Å². The number of carbonyl (C=O) groups excluding carboxylic acids is 2. The van der Waals surface area contributed by atoms with Crippen molar-refractivity contribution in [2.45, 2.75) is 17.9 Å². The molecule has 0 aliphatic carbocycles. The van der Waals surface area contributed by atoms with E-state index in [-0.39, 0.29) is 23.7 Å². The van der Waals surface area contributed by atoms with Crippen LogP contribution >= 0.6 is 0 Å². The van der Waals surface area contributed by atoms with Crippen LogP contribution in [0.4, 0.5) is 0 Å². The fraction of sp³-hybridized carbons (Fsp3) is 0.222. The standard InChI is InChI=1S/C18H18N2O7S/c1-2-25-18(22)12-7-9-13(10-8-12)28(23,24)20-19-17(21)16-11-26-14-5-3-4-6-15(14)27-16/h3-10,16,20H,2,11H2,1H3,(H,19,21)/t16-/m1/s1. The Morgan fingerprint density at radius 1 is 1.11 bits per heavy atom. The highest BCUT2D eigenvalue weighted by atomic mass is 32.2. The molecule has 0 fully saturated rings. The molecule has 0 aromatic heterocycles. The van der Waals surface area contributed by atoms with Crippen molar-refractivity contribution in [1.82, 2.24) is 10.3 Å². The predicted octanol–water partition coefficient (Wildman–Crippen LogP) is 1.01. The average Bonchev–Trinajstić information content (AvgIpc) is 2.72. The van der Waals surface area contributed by atoms with Crippen molar-refractivity contribution < 1.29 is 32.2 Å². The van der Waals surface area contributed by atoms with E-state index >= 15 is 0 Å². The van der Waals surface area contributed by atoms with Gasteiger partial charge in [0.25, 0.3) is 15.9 Å². The van der Waals surface area contributed by atoms with Gasteiger partial charge in [0.05, 0.1) is 17.1 Å². The van der Waals surface area contributed by atoms with Gasteiger partial charge in [-0.05, 0) is 43.3 Å². The Labute approximate surface area is 161 Å². The number of rotatable bonds is 6. The lowest BCUT2D eigenvalue weighted by Crippen LogP contribution is -2.50. The molecule has 0 bridgehead atoms. The first-order valence-corrected chi connectivity index (χ1v) is 9.86. The molecule has 0 radical (unpaired) electrons. The van der Waals surface area contributed by atoms with E-state index in [1.165, 1.54) is 24.3 Å². The molecular formula is C18H18N2O7S. The zero-order valence-corrected chi connectivity index (χ0v) is 15.7. The van der Waals surface area contributed by atoms with Crippen molar-refractivity contribution >= 4 is 21.9 Å². The lowest BCUT2D eigenvalue weighted by atomic mass is 10.2. The molecule has 0 spiro atoms. The van der Waals surface area contributed by atoms with Crippen molar-refractivity contribution in [2.24, 2.45) is 0 Å². The maximum atomic E-state index is 12.3. The van der Waals surface area contributed by atoms with Crippen LogP contribution in [0, 0.1) is 0 Å². The predicted molar refractivity (Wildman–Crippen MR) is 97.2 cm³/mol. The number of hydrogen-bond acceptors (Lipinski definition) is 7. The van der Waals surface area contributed by atoms with Gasteiger partial charge >= 0.3 is 5.97 Å². The van der Waals surface area contributed by atoms with E-state index in [1.54, 1.807) is 31.2 Å². The SMILES string of the molecule is CCOC(=O)c1ccc(S(=O)(=O)NNC(=O)[C@H]2COc3ccccc3O2)cc1. The zero-order valence-electron chi connectivity index (χ0n) is 14.9. The van der Waals surface area contributed by atoms with Gasteiger partial charge in [0.1, 0.15) is 6.61 Å². The van der Waals surface area contributed by atoms with Gasteiger partial charge in [-0.2, -0.15) is 0 Å². The van der Waals surface area contributed by atoms with Gasteiger partial charge in [-0.3, -0.25) is 10.2 Å². The summed E-state index contributed by atoms with van der Waals surface area (Å²) in [7, 11) is -4.04. The second-order valence-electron chi connectivity index (χ2n) is 5.70. The maximum absolute atomic E-state index is 12.3. The van der Waals surface area contributed by atoms with Gasteiger partial charge in [-0.25, -0.2) is 13.2 Å². The Morgan fingerprint density at radius 3 is 2.46 bits per heavy atom. The van der Waals surface area contributed by atoms with Crippen LogP contribution in [-0.2, 0) is 19.6 Å². The van der Waals surface area contributed by atoms with Crippen molar-refractivity contribution in [2.75, 3.05) is 13.2 Å². The van der Waals surface area contributed by atoms with Crippen LogP contribution in [0.25, 0.3) is 0 Å². The smallest absolute Gasteiger partial charge is 0.338 e. The molecule has 1 aliphatic heterocycles. The fourth-order valence-corrected chi connectivity index (χ4v) is 3.24. The highest BCUT2D eigenvalue weighted by molar-refractivity contribution is 7.89. The van der Waals surface area contributed by atoms with Crippen LogP contribution in [0.3, 0.4) is 0 Å². The Balaban J connectivity index is 1.60. The summed E-state index contributed by atoms with van der Waals surface area (Å²) in [5.41, 5.74) is 2.32. The summed E-state index contributed by atoms with van der Waals surface area (Å²) in [6.07, 6.45) is -1.01. The molecule has 1 aliphatic rings. The second kappa shape index (κ2) is 8.28. The van der Waals surface area contributed by atoms with Gasteiger partial charge in [0.15, 0.2) is 11.5 Å². The number of ether oxygens (including phenoxy) is 3. The number of esters is 1. The third-order valence-corrected chi connectivity index (χ3v) is 5.05. The lowest BCUT2D eigenvalue weighted by Gasteiger charge is -2.25. The van der Waals surface area contributed by atoms with Gasteiger partial charge in [0.2, 0.25) is 6.10 Å². The summed E-state index contributed by atoms with van der Waals surface area (Å²) in [5.74, 6) is -0.358. The molecule has 0 saturated carbocycles. The summed E-state index contributed by atoms with van der Waals surface area (Å²) in [6.45, 7) is 1.83. The van der Waals surface area contributed by atoms with Gasteiger partial charge in [-0.1, -0.05) is 12.1 Å². The topological polar surface area (TPSA) is 120 Å². The number of benzene rings is 2. The summed E-state index contributed by atoms with van der Waals surface area (Å²) in [4.78, 5) is 25.7. The highest BCUT2D eigenvalue weighted by Gasteiger charge is 2.28. The Bertz CT molecular complexity index is 974. The Hall–Kier alpha value is -3.11. The molecule has 0 unspecified atom stereocenters. The molecule has 0 saturated heterocycles. The highest BCUT2D eigenvalue weighted by Crippen LogP contribution is 2.30. The third kappa shape index (κ3) is 4.41. The van der Waals surface area contributed by atoms with Crippen molar-refractivity contribution in [3.63, 3.8) is 0 Å². The van der Waals surface area contributed by atoms with E-state index in [1.807, 2.05) is 4.83 Å². The quantitative estimate of drug-likeness (QED) is 0.543. The van der Waals surface area contributed by atoms with Gasteiger partial charge < -0.3 is 14.2 Å². The molecule has 10 heteroatoms. The molecule has 9 nitrogen and oxygen atoms in total. The molecule has 28 heavy (non-hydrogen) atoms. The Morgan fingerprint density at radius 2 is 1.79 bits per heavy atom. The molecule has 1 atom stereocenters. The molecule has 148 valence electrons. The van der Waals surface area contributed by atoms with Crippen molar-refractivity contribution in [3.05, 3.63) is 54.1 Å². The molecular weight excluding hydrogens is 388 g/mol. The summed E-state index contributed by atoms with van der Waals surface area (Å²) < 4.78 is 40.4. The first kappa shape index (κ1) is 19.6. The van der Waals surface area contributed by atoms with Crippen LogP contribution in [-0.4, -0.2) is 39.6 Å². The minimum absolute atomic E-state index is 0.0567. The van der Waals surface area contributed by atoms with E-state index in [9.17, 15) is 18.0 Å². The number of fused-ring (bicyclic) bond motifs is 1. The van der Waals surface area contributed by atoms with Gasteiger partial charge in [-0.15, -0.1) is 4.83 Å². The van der Waals surface area contributed by atoms with Crippen LogP contribution < -0.4 is 19.7 Å². The average molecular weight is 406 g/mol. The minimum atomic E-state index is -4.04. The number of hydrazine groups is 1. The number of carbonyl (C=O) groups is 2. The maximum Gasteiger partial charge on any atom is 0.338 e. The summed E-state index contributed by atoms with van der Waals surface area (Å²) in [5, 5.41) is 0. The minimum Gasteiger partial charge on any atom is -0.485 e. The van der Waals surface area contributed by atoms with Gasteiger partial charge in [0, 0.05) is 0 Å². The summed E-state index contributed by atoms with van der Waals surface area (Å²) in [6, 6.07) is 12.0. The van der Waals surface area contributed by atoms with Crippen LogP contribution in [0.2, 0.25) is 0 Å². The number of para-hydroxylation sites is 2. The second-order valence-corrected chi connectivity index (χ2v) is 7.39. The first-order chi connectivity index (χ1) is 13.4. The van der Waals surface area contributed by atoms with E-state index in [2.05, 4.69) is 5.43 Å². The fourth-order valence-electron chi connectivity index (χ4n) is 2.39. The number of sulfonamides is 1. The molecule has 1 heterocycles. The number of hydrogen-bond donors (Lipinski definition) is 2. The van der Waals surface area contributed by atoms with Crippen LogP contribution in [0.5, 0.6) is 11.5 Å². The monoisotopic (exact) mass is 406 g/mol. The van der Waals surface area contributed by atoms with Crippen molar-refractivity contribution in [1.29, 1.82) is 0 Å². The lowest BCUT2D eigenvalue weighted by molar-refractivity contribution is -0.130. The number of amides is 1. The molecule has 1 amide bonds. The largest absolute Gasteiger partial charge is 0.485 e. The third-order valence-electron chi connectivity index (χ3n) is 3.79. The first-order valence-electron chi connectivity index (χ1n) is 8.38. The molecule has 3 rings (SSSR count). The van der Waals surface area contributed by atoms with E-state index in [0.29, 0.717) is 11.5 Å². The van der Waals surface area contributed by atoms with Crippen LogP contribution in [0.1, 0.15) is 17.3 Å². The van der Waals surface area contributed by atoms with E-state index in [4.69, 9.17) is 14.2 Å². The molecule has 2 aromatic rings. The normalized spacial score (nSPS) is 15.5. The number of nitrogens with one attached hydrogen (secondary N) is 2. The van der Waals surface area contributed by atoms with E-state index < -0.39 is 28.0 Å². The van der Waals surface area contributed by atoms with Crippen molar-refractivity contribution in [3.8, 4) is 11.5 Å². The summed E-state index contributed by atoms with van der Waals surface area (Å²) >= 11 is 0. The Kier molecular flexibility index (Phi) is 5.81.